The maximum absolute atomic E-state index is 12.7. The van der Waals surface area contributed by atoms with Crippen LogP contribution in [0.4, 0.5) is 5.69 Å². The average Bonchev–Trinajstić information content (AvgIpc) is 2.86. The maximum Gasteiger partial charge on any atom is 0.349 e. The molecule has 2 N–H and O–H groups in total. The molecule has 4 aromatic rings. The number of anilines is 1. The number of para-hydroxylation sites is 2. The van der Waals surface area contributed by atoms with E-state index in [2.05, 4.69) is 31.3 Å². The predicted octanol–water partition coefficient (Wildman–Crippen LogP) is 4.06. The van der Waals surface area contributed by atoms with E-state index in [1.165, 1.54) is 6.21 Å². The van der Waals surface area contributed by atoms with Crippen LogP contribution in [-0.2, 0) is 4.79 Å². The molecule has 0 aliphatic heterocycles. The van der Waals surface area contributed by atoms with Gasteiger partial charge in [-0.3, -0.25) is 9.59 Å². The van der Waals surface area contributed by atoms with Gasteiger partial charge in [-0.05, 0) is 65.7 Å². The Kier molecular flexibility index (Phi) is 7.65. The highest BCUT2D eigenvalue weighted by molar-refractivity contribution is 9.10. The van der Waals surface area contributed by atoms with Gasteiger partial charge in [-0.25, -0.2) is 4.79 Å². The fraction of sp³-hybridized carbons (Fsp3) is 0.154. The van der Waals surface area contributed by atoms with E-state index < -0.39 is 11.2 Å². The first kappa shape index (κ1) is 24.9. The lowest BCUT2D eigenvalue weighted by molar-refractivity contribution is -0.118. The molecule has 0 saturated carbocycles. The summed E-state index contributed by atoms with van der Waals surface area (Å²) in [6.45, 7) is 3.85. The van der Waals surface area contributed by atoms with Crippen LogP contribution >= 0.6 is 15.9 Å². The zero-order valence-corrected chi connectivity index (χ0v) is 21.2. The summed E-state index contributed by atoms with van der Waals surface area (Å²) in [5, 5.41) is 7.25. The Morgan fingerprint density at radius 2 is 1.81 bits per heavy atom. The van der Waals surface area contributed by atoms with Crippen molar-refractivity contribution in [3.05, 3.63) is 97.1 Å². The van der Waals surface area contributed by atoms with E-state index >= 15 is 0 Å². The van der Waals surface area contributed by atoms with E-state index in [4.69, 9.17) is 9.47 Å². The van der Waals surface area contributed by atoms with Crippen molar-refractivity contribution in [3.63, 3.8) is 0 Å². The number of aryl methyl sites for hydroxylation is 1. The van der Waals surface area contributed by atoms with Crippen molar-refractivity contribution in [2.75, 3.05) is 18.5 Å². The van der Waals surface area contributed by atoms with Crippen LogP contribution in [0.5, 0.6) is 11.5 Å². The van der Waals surface area contributed by atoms with Gasteiger partial charge in [0.05, 0.1) is 23.7 Å². The van der Waals surface area contributed by atoms with Gasteiger partial charge in [0.25, 0.3) is 11.5 Å². The lowest BCUT2D eigenvalue weighted by Gasteiger charge is -2.14. The van der Waals surface area contributed by atoms with E-state index in [-0.39, 0.29) is 12.5 Å². The zero-order valence-electron chi connectivity index (χ0n) is 19.6. The maximum atomic E-state index is 12.7. The minimum Gasteiger partial charge on any atom is -0.490 e. The summed E-state index contributed by atoms with van der Waals surface area (Å²) in [7, 11) is 0. The van der Waals surface area contributed by atoms with Crippen LogP contribution in [-0.4, -0.2) is 35.0 Å². The molecule has 0 bridgehead atoms. The third-order valence-electron chi connectivity index (χ3n) is 5.24. The van der Waals surface area contributed by atoms with Crippen LogP contribution in [0.3, 0.4) is 0 Å². The second kappa shape index (κ2) is 11.0. The first-order valence-electron chi connectivity index (χ1n) is 11.1. The molecule has 1 amide bonds. The number of benzene rings is 3. The Bertz CT molecular complexity index is 1580. The summed E-state index contributed by atoms with van der Waals surface area (Å²) < 4.78 is 12.7. The number of aromatic amines is 1. The number of hydrogen-bond donors (Lipinski definition) is 2. The number of rotatable bonds is 8. The SMILES string of the molecule is CCOc1cc(C=Nn2c(=O)[nH]c3ccccc3c2=O)c(Br)cc1OCC(=O)Nc1ccccc1C. The summed E-state index contributed by atoms with van der Waals surface area (Å²) in [6.07, 6.45) is 1.37. The van der Waals surface area contributed by atoms with Crippen LogP contribution in [0.1, 0.15) is 18.1 Å². The number of halogens is 1. The number of ether oxygens (including phenoxy) is 2. The van der Waals surface area contributed by atoms with Gasteiger partial charge < -0.3 is 19.8 Å². The lowest BCUT2D eigenvalue weighted by atomic mass is 10.2. The summed E-state index contributed by atoms with van der Waals surface area (Å²) >= 11 is 3.45. The summed E-state index contributed by atoms with van der Waals surface area (Å²) in [6, 6.07) is 17.4. The van der Waals surface area contributed by atoms with Gasteiger partial charge >= 0.3 is 5.69 Å². The standard InChI is InChI=1S/C26H23BrN4O5/c1-3-35-22-12-17(14-28-31-25(33)18-9-5-7-11-21(18)30-26(31)34)19(27)13-23(22)36-15-24(32)29-20-10-6-4-8-16(20)2/h4-14H,3,15H2,1-2H3,(H,29,32)(H,30,34). The highest BCUT2D eigenvalue weighted by Crippen LogP contribution is 2.33. The fourth-order valence-corrected chi connectivity index (χ4v) is 3.88. The molecular weight excluding hydrogens is 528 g/mol. The first-order chi connectivity index (χ1) is 17.4. The molecule has 36 heavy (non-hydrogen) atoms. The van der Waals surface area contributed by atoms with Gasteiger partial charge in [-0.1, -0.05) is 30.3 Å². The van der Waals surface area contributed by atoms with Crippen molar-refractivity contribution >= 4 is 44.6 Å². The number of nitrogens with zero attached hydrogens (tertiary/aromatic N) is 2. The van der Waals surface area contributed by atoms with Crippen molar-refractivity contribution in [2.24, 2.45) is 5.10 Å². The van der Waals surface area contributed by atoms with Gasteiger partial charge in [-0.2, -0.15) is 5.10 Å². The number of nitrogens with one attached hydrogen (secondary N) is 2. The highest BCUT2D eigenvalue weighted by atomic mass is 79.9. The Hall–Kier alpha value is -4.18. The van der Waals surface area contributed by atoms with E-state index in [1.807, 2.05) is 38.1 Å². The van der Waals surface area contributed by atoms with Gasteiger partial charge in [-0.15, -0.1) is 4.68 Å². The highest BCUT2D eigenvalue weighted by Gasteiger charge is 2.13. The monoisotopic (exact) mass is 550 g/mol. The van der Waals surface area contributed by atoms with Gasteiger partial charge in [0.1, 0.15) is 0 Å². The van der Waals surface area contributed by atoms with Crippen molar-refractivity contribution in [2.45, 2.75) is 13.8 Å². The lowest BCUT2D eigenvalue weighted by Crippen LogP contribution is -2.32. The topological polar surface area (TPSA) is 115 Å². The molecule has 1 aromatic heterocycles. The Morgan fingerprint density at radius 1 is 1.08 bits per heavy atom. The molecule has 10 heteroatoms. The number of amides is 1. The van der Waals surface area contributed by atoms with Crippen LogP contribution in [0.25, 0.3) is 10.9 Å². The molecule has 0 atom stereocenters. The smallest absolute Gasteiger partial charge is 0.349 e. The van der Waals surface area contributed by atoms with Crippen LogP contribution in [0.15, 0.2) is 79.8 Å². The number of fused-ring (bicyclic) bond motifs is 1. The minimum atomic E-state index is -0.657. The van der Waals surface area contributed by atoms with Crippen LogP contribution in [0.2, 0.25) is 0 Å². The Labute approximate surface area is 214 Å². The van der Waals surface area contributed by atoms with Crippen molar-refractivity contribution in [1.29, 1.82) is 0 Å². The van der Waals surface area contributed by atoms with Crippen LogP contribution in [0, 0.1) is 6.92 Å². The van der Waals surface area contributed by atoms with E-state index in [9.17, 15) is 14.4 Å². The normalized spacial score (nSPS) is 11.1. The molecule has 9 nitrogen and oxygen atoms in total. The molecule has 0 radical (unpaired) electrons. The average molecular weight is 551 g/mol. The van der Waals surface area contributed by atoms with Gasteiger partial charge in [0.15, 0.2) is 18.1 Å². The van der Waals surface area contributed by atoms with Crippen molar-refractivity contribution < 1.29 is 14.3 Å². The Morgan fingerprint density at radius 3 is 2.58 bits per heavy atom. The molecule has 0 fully saturated rings. The molecule has 184 valence electrons. The number of carbonyl (C=O) groups excluding carboxylic acids is 1. The van der Waals surface area contributed by atoms with Crippen molar-refractivity contribution in [3.8, 4) is 11.5 Å². The summed E-state index contributed by atoms with van der Waals surface area (Å²) in [5.41, 5.74) is 1.43. The summed E-state index contributed by atoms with van der Waals surface area (Å²) in [4.78, 5) is 40.1. The molecule has 0 aliphatic rings. The molecular formula is C26H23BrN4O5. The third kappa shape index (κ3) is 5.55. The largest absolute Gasteiger partial charge is 0.490 e. The number of H-pyrrole nitrogens is 1. The number of aromatic nitrogens is 2. The first-order valence-corrected chi connectivity index (χ1v) is 11.9. The Balaban J connectivity index is 1.57. The van der Waals surface area contributed by atoms with Crippen LogP contribution < -0.4 is 26.0 Å². The minimum absolute atomic E-state index is 0.226. The molecule has 0 saturated heterocycles. The second-order valence-electron chi connectivity index (χ2n) is 7.74. The van der Waals surface area contributed by atoms with E-state index in [0.29, 0.717) is 44.7 Å². The molecule has 3 aromatic carbocycles. The van der Waals surface area contributed by atoms with Crippen molar-refractivity contribution in [1.82, 2.24) is 9.66 Å². The number of hydrogen-bond acceptors (Lipinski definition) is 6. The molecule has 0 aliphatic carbocycles. The molecule has 0 spiro atoms. The third-order valence-corrected chi connectivity index (χ3v) is 5.92. The zero-order chi connectivity index (χ0) is 25.7. The molecule has 1 heterocycles. The molecule has 0 unspecified atom stereocenters. The molecule has 4 rings (SSSR count). The number of carbonyl (C=O) groups is 1. The van der Waals surface area contributed by atoms with E-state index in [1.54, 1.807) is 36.4 Å². The second-order valence-corrected chi connectivity index (χ2v) is 8.60. The van der Waals surface area contributed by atoms with E-state index in [0.717, 1.165) is 10.2 Å². The quantitative estimate of drug-likeness (QED) is 0.321. The fourth-order valence-electron chi connectivity index (χ4n) is 3.45. The van der Waals surface area contributed by atoms with Gasteiger partial charge in [0.2, 0.25) is 0 Å². The summed E-state index contributed by atoms with van der Waals surface area (Å²) in [5.74, 6) is 0.413. The van der Waals surface area contributed by atoms with Gasteiger partial charge in [0, 0.05) is 15.7 Å². The predicted molar refractivity (Wildman–Crippen MR) is 142 cm³/mol.